The number of nitrogens with one attached hydrogen (secondary N) is 1. The van der Waals surface area contributed by atoms with Gasteiger partial charge in [-0.2, -0.15) is 0 Å². The van der Waals surface area contributed by atoms with Crippen molar-refractivity contribution < 1.29 is 73.8 Å². The summed E-state index contributed by atoms with van der Waals surface area (Å²) in [6, 6.07) is 13.1. The minimum absolute atomic E-state index is 0. The van der Waals surface area contributed by atoms with Crippen LogP contribution < -0.4 is 79.1 Å². The van der Waals surface area contributed by atoms with E-state index in [0.29, 0.717) is 12.1 Å². The first-order chi connectivity index (χ1) is 16.5. The standard InChI is InChI=1S/C29H48NO3P.2Na/c1-2-3-4-5-6-7-8-9-10-11-12-13-14-15-16-19-25-30-29(34(31,32)33)28-24-20-22-26-21-17-18-23-27(26)28;;/h17-18,20-24,29-30H,2-16,19,25H2,1H3,(H2,31,32,33);;/q;2*+1/p-2. The van der Waals surface area contributed by atoms with Gasteiger partial charge in [0.1, 0.15) is 5.78 Å². The van der Waals surface area contributed by atoms with E-state index in [2.05, 4.69) is 12.2 Å². The van der Waals surface area contributed by atoms with Gasteiger partial charge in [-0.05, 0) is 23.7 Å². The second-order valence-corrected chi connectivity index (χ2v) is 11.4. The van der Waals surface area contributed by atoms with Gasteiger partial charge in [-0.1, -0.05) is 146 Å². The summed E-state index contributed by atoms with van der Waals surface area (Å²) < 4.78 is 0. The zero-order chi connectivity index (χ0) is 24.5. The fourth-order valence-electron chi connectivity index (χ4n) is 4.79. The van der Waals surface area contributed by atoms with E-state index in [0.717, 1.165) is 23.6 Å². The average Bonchev–Trinajstić information content (AvgIpc) is 2.82. The zero-order valence-corrected chi connectivity index (χ0v) is 28.2. The normalized spacial score (nSPS) is 12.2. The second-order valence-electron chi connectivity index (χ2n) is 9.77. The molecule has 0 aliphatic heterocycles. The third-order valence-electron chi connectivity index (χ3n) is 6.80. The Balaban J connectivity index is 0.00000612. The quantitative estimate of drug-likeness (QED) is 0.153. The van der Waals surface area contributed by atoms with Gasteiger partial charge in [-0.3, -0.25) is 5.32 Å². The fraction of sp³-hybridized carbons (Fsp3) is 0.655. The maximum Gasteiger partial charge on any atom is 1.00 e. The second kappa shape index (κ2) is 22.8. The van der Waals surface area contributed by atoms with Crippen molar-refractivity contribution >= 4 is 18.7 Å². The first-order valence-corrected chi connectivity index (χ1v) is 15.4. The Morgan fingerprint density at radius 3 is 1.56 bits per heavy atom. The molecule has 2 aromatic carbocycles. The Morgan fingerprint density at radius 2 is 1.06 bits per heavy atom. The van der Waals surface area contributed by atoms with E-state index < -0.39 is 13.7 Å². The van der Waals surface area contributed by atoms with Gasteiger partial charge in [0, 0.05) is 5.56 Å². The smallest absolute Gasteiger partial charge is 0.686 e. The molecule has 0 fully saturated rings. The minimum atomic E-state index is -4.80. The number of hydrogen-bond donors (Lipinski definition) is 1. The predicted molar refractivity (Wildman–Crippen MR) is 141 cm³/mol. The zero-order valence-electron chi connectivity index (χ0n) is 23.3. The van der Waals surface area contributed by atoms with E-state index >= 15 is 0 Å². The molecule has 0 heterocycles. The number of unbranched alkanes of at least 4 members (excludes halogenated alkanes) is 15. The molecule has 36 heavy (non-hydrogen) atoms. The molecule has 0 aliphatic rings. The molecule has 1 atom stereocenters. The maximum absolute atomic E-state index is 12.0. The van der Waals surface area contributed by atoms with Crippen LogP contribution in [-0.4, -0.2) is 6.54 Å². The molecular weight excluding hydrogens is 487 g/mol. The van der Waals surface area contributed by atoms with Gasteiger partial charge in [0.15, 0.2) is 0 Å². The summed E-state index contributed by atoms with van der Waals surface area (Å²) in [5, 5.41) is 4.80. The Morgan fingerprint density at radius 1 is 0.611 bits per heavy atom. The molecule has 0 bridgehead atoms. The molecule has 0 aliphatic carbocycles. The van der Waals surface area contributed by atoms with Crippen molar-refractivity contribution in [2.24, 2.45) is 0 Å². The van der Waals surface area contributed by atoms with Crippen molar-refractivity contribution in [1.82, 2.24) is 5.32 Å². The molecule has 0 aromatic heterocycles. The average molecular weight is 534 g/mol. The van der Waals surface area contributed by atoms with Gasteiger partial charge in [0.25, 0.3) is 0 Å². The van der Waals surface area contributed by atoms with Crippen LogP contribution in [0.15, 0.2) is 42.5 Å². The molecule has 4 nitrogen and oxygen atoms in total. The molecule has 0 amide bonds. The number of rotatable bonds is 20. The van der Waals surface area contributed by atoms with Gasteiger partial charge in [0.05, 0.1) is 0 Å². The van der Waals surface area contributed by atoms with Crippen molar-refractivity contribution in [3.8, 4) is 0 Å². The molecule has 2 rings (SSSR count). The van der Waals surface area contributed by atoms with Crippen LogP contribution in [0.25, 0.3) is 10.8 Å². The molecule has 2 aromatic rings. The van der Waals surface area contributed by atoms with E-state index in [1.54, 1.807) is 6.07 Å². The van der Waals surface area contributed by atoms with Crippen LogP contribution in [0.1, 0.15) is 121 Å². The van der Waals surface area contributed by atoms with Gasteiger partial charge < -0.3 is 14.7 Å². The molecule has 0 spiro atoms. The summed E-state index contributed by atoms with van der Waals surface area (Å²) in [5.74, 6) is -1.17. The Bertz CT molecular complexity index is 783. The van der Waals surface area contributed by atoms with Gasteiger partial charge in [-0.15, -0.1) is 7.94 Å². The fourth-order valence-corrected chi connectivity index (χ4v) is 5.71. The van der Waals surface area contributed by atoms with E-state index in [4.69, 9.17) is 0 Å². The molecule has 1 unspecified atom stereocenters. The summed E-state index contributed by atoms with van der Waals surface area (Å²) >= 11 is 0. The number of fused-ring (bicyclic) bond motifs is 1. The molecule has 0 radical (unpaired) electrons. The van der Waals surface area contributed by atoms with Gasteiger partial charge >= 0.3 is 59.1 Å². The van der Waals surface area contributed by atoms with Crippen LogP contribution in [0.5, 0.6) is 0 Å². The van der Waals surface area contributed by atoms with Gasteiger partial charge in [-0.25, -0.2) is 0 Å². The van der Waals surface area contributed by atoms with Crippen LogP contribution in [-0.2, 0) is 0 Å². The predicted octanol–water partition coefficient (Wildman–Crippen LogP) is 0.541. The third kappa shape index (κ3) is 15.5. The van der Waals surface area contributed by atoms with E-state index in [9.17, 15) is 14.7 Å². The van der Waals surface area contributed by atoms with Crippen LogP contribution in [0.3, 0.4) is 0 Å². The van der Waals surface area contributed by atoms with Gasteiger partial charge in [0.2, 0.25) is 0 Å². The van der Waals surface area contributed by atoms with E-state index in [1.807, 2.05) is 36.4 Å². The van der Waals surface area contributed by atoms with Crippen LogP contribution in [0.4, 0.5) is 0 Å². The first kappa shape index (κ1) is 37.0. The van der Waals surface area contributed by atoms with Crippen molar-refractivity contribution in [3.63, 3.8) is 0 Å². The van der Waals surface area contributed by atoms with E-state index in [1.165, 1.54) is 89.9 Å². The summed E-state index contributed by atoms with van der Waals surface area (Å²) in [4.78, 5) is 36.0. The van der Waals surface area contributed by atoms with Crippen molar-refractivity contribution in [2.75, 3.05) is 6.54 Å². The summed E-state index contributed by atoms with van der Waals surface area (Å²) in [5.41, 5.74) is 0.558. The molecular formula is C29H46NNa2O3P. The summed E-state index contributed by atoms with van der Waals surface area (Å²) in [7, 11) is -4.80. The molecule has 1 N–H and O–H groups in total. The summed E-state index contributed by atoms with van der Waals surface area (Å²) in [6.45, 7) is 2.81. The molecule has 0 saturated heterocycles. The third-order valence-corrected chi connectivity index (χ3v) is 7.90. The Labute approximate surface area is 265 Å². The topological polar surface area (TPSA) is 81.2 Å². The largest absolute Gasteiger partial charge is 1.00 e. The summed E-state index contributed by atoms with van der Waals surface area (Å²) in [6.07, 6.45) is 20.9. The van der Waals surface area contributed by atoms with Crippen LogP contribution in [0, 0.1) is 0 Å². The maximum atomic E-state index is 12.0. The van der Waals surface area contributed by atoms with Crippen molar-refractivity contribution in [1.29, 1.82) is 0 Å². The van der Waals surface area contributed by atoms with Crippen molar-refractivity contribution in [2.45, 2.75) is 115 Å². The Hall–Kier alpha value is 0.970. The molecule has 7 heteroatoms. The monoisotopic (exact) mass is 533 g/mol. The van der Waals surface area contributed by atoms with Crippen molar-refractivity contribution in [3.05, 3.63) is 48.0 Å². The number of hydrogen-bond acceptors (Lipinski definition) is 4. The van der Waals surface area contributed by atoms with Crippen LogP contribution >= 0.6 is 7.94 Å². The Kier molecular flexibility index (Phi) is 23.4. The minimum Gasteiger partial charge on any atom is -0.686 e. The molecule has 192 valence electrons. The first-order valence-electron chi connectivity index (χ1n) is 13.8. The molecule has 0 saturated carbocycles. The van der Waals surface area contributed by atoms with Crippen LogP contribution in [0.2, 0.25) is 0 Å². The van der Waals surface area contributed by atoms with E-state index in [-0.39, 0.29) is 59.1 Å². The SMILES string of the molecule is CCCCCCCCCCCCCCCCCCNC(c1cccc2ccccc12)[P+]([O-])([O-])[O-].[Na+].[Na+]. The number of benzene rings is 2.